The second-order valence-electron chi connectivity index (χ2n) is 5.08. The number of carboxylic acid groups (broad SMARTS) is 1. The van der Waals surface area contributed by atoms with Crippen LogP contribution in [0.15, 0.2) is 0 Å². The molecule has 0 aliphatic heterocycles. The van der Waals surface area contributed by atoms with Crippen molar-refractivity contribution in [2.75, 3.05) is 13.2 Å². The van der Waals surface area contributed by atoms with Crippen LogP contribution in [0.2, 0.25) is 0 Å². The van der Waals surface area contributed by atoms with Crippen LogP contribution in [0.5, 0.6) is 0 Å². The Bertz CT molecular complexity index is 271. The zero-order chi connectivity index (χ0) is 14.3. The lowest BCUT2D eigenvalue weighted by Gasteiger charge is -2.25. The number of nitrogens with one attached hydrogen (secondary N) is 2. The molecule has 0 bridgehead atoms. The second-order valence-corrected chi connectivity index (χ2v) is 5.08. The van der Waals surface area contributed by atoms with Crippen LogP contribution in [-0.2, 0) is 4.79 Å². The number of hydrogen-bond acceptors (Lipinski definition) is 3. The van der Waals surface area contributed by atoms with Gasteiger partial charge in [0.25, 0.3) is 0 Å². The van der Waals surface area contributed by atoms with Crippen LogP contribution in [0.25, 0.3) is 0 Å². The molecule has 0 aliphatic carbocycles. The van der Waals surface area contributed by atoms with Gasteiger partial charge in [0.15, 0.2) is 6.04 Å². The lowest BCUT2D eigenvalue weighted by atomic mass is 9.85. The monoisotopic (exact) mass is 260 g/mol. The van der Waals surface area contributed by atoms with E-state index in [1.165, 1.54) is 0 Å². The largest absolute Gasteiger partial charge is 0.480 e. The van der Waals surface area contributed by atoms with Crippen LogP contribution in [0.3, 0.4) is 0 Å². The highest BCUT2D eigenvalue weighted by molar-refractivity contribution is 5.82. The van der Waals surface area contributed by atoms with E-state index in [1.807, 2.05) is 0 Å². The summed E-state index contributed by atoms with van der Waals surface area (Å²) in [5.74, 6) is -0.0677. The summed E-state index contributed by atoms with van der Waals surface area (Å²) in [6.45, 7) is 8.19. The normalized spacial score (nSPS) is 12.9. The zero-order valence-electron chi connectivity index (χ0n) is 11.4. The van der Waals surface area contributed by atoms with Crippen molar-refractivity contribution in [2.45, 2.75) is 33.7 Å². The third-order valence-corrected chi connectivity index (χ3v) is 3.00. The van der Waals surface area contributed by atoms with Gasteiger partial charge in [-0.1, -0.05) is 27.7 Å². The van der Waals surface area contributed by atoms with Gasteiger partial charge in [-0.15, -0.1) is 0 Å². The summed E-state index contributed by atoms with van der Waals surface area (Å²) < 4.78 is 0. The van der Waals surface area contributed by atoms with Crippen molar-refractivity contribution in [3.05, 3.63) is 0 Å². The van der Waals surface area contributed by atoms with Crippen molar-refractivity contribution >= 4 is 12.0 Å². The minimum atomic E-state index is -1.26. The number of aliphatic carboxylic acids is 1. The van der Waals surface area contributed by atoms with E-state index in [9.17, 15) is 9.59 Å². The molecule has 0 saturated heterocycles. The van der Waals surface area contributed by atoms with E-state index in [4.69, 9.17) is 10.2 Å². The Balaban J connectivity index is 4.20. The average molecular weight is 260 g/mol. The van der Waals surface area contributed by atoms with E-state index in [1.54, 1.807) is 0 Å². The quantitative estimate of drug-likeness (QED) is 0.540. The van der Waals surface area contributed by atoms with Crippen LogP contribution in [0.4, 0.5) is 4.79 Å². The number of carbonyl (C=O) groups is 2. The maximum atomic E-state index is 11.5. The van der Waals surface area contributed by atoms with E-state index < -0.39 is 24.6 Å². The zero-order valence-corrected chi connectivity index (χ0v) is 11.4. The number of aliphatic hydroxyl groups is 1. The van der Waals surface area contributed by atoms with E-state index in [0.29, 0.717) is 24.3 Å². The summed E-state index contributed by atoms with van der Waals surface area (Å²) in [5.41, 5.74) is 0. The van der Waals surface area contributed by atoms with Crippen LogP contribution in [0.1, 0.15) is 27.7 Å². The van der Waals surface area contributed by atoms with Crippen molar-refractivity contribution < 1.29 is 19.8 Å². The third kappa shape index (κ3) is 5.86. The van der Waals surface area contributed by atoms with E-state index in [-0.39, 0.29) is 0 Å². The predicted molar refractivity (Wildman–Crippen MR) is 68.2 cm³/mol. The molecule has 0 radical (unpaired) electrons. The summed E-state index contributed by atoms with van der Waals surface area (Å²) in [7, 11) is 0. The molecule has 0 spiro atoms. The first kappa shape index (κ1) is 16.7. The number of urea groups is 1. The molecule has 6 nitrogen and oxygen atoms in total. The van der Waals surface area contributed by atoms with Gasteiger partial charge in [-0.25, -0.2) is 9.59 Å². The molecule has 0 aromatic rings. The van der Waals surface area contributed by atoms with Gasteiger partial charge in [0.05, 0.1) is 6.61 Å². The first-order valence-electron chi connectivity index (χ1n) is 6.17. The van der Waals surface area contributed by atoms with Crippen LogP contribution in [0, 0.1) is 17.8 Å². The molecular formula is C12H24N2O4. The Morgan fingerprint density at radius 2 is 1.61 bits per heavy atom. The molecular weight excluding hydrogens is 236 g/mol. The molecule has 2 amide bonds. The summed E-state index contributed by atoms with van der Waals surface area (Å²) in [5, 5.41) is 22.3. The SMILES string of the molecule is CC(C)C(CNC(=O)N[C@@H](CO)C(=O)O)C(C)C. The molecule has 0 heterocycles. The van der Waals surface area contributed by atoms with Crippen LogP contribution >= 0.6 is 0 Å². The number of amides is 2. The molecule has 106 valence electrons. The highest BCUT2D eigenvalue weighted by atomic mass is 16.4. The number of carboxylic acids is 1. The average Bonchev–Trinajstić information content (AvgIpc) is 2.24. The Morgan fingerprint density at radius 1 is 1.11 bits per heavy atom. The molecule has 0 saturated carbocycles. The van der Waals surface area contributed by atoms with Gasteiger partial charge in [-0.05, 0) is 17.8 Å². The molecule has 1 atom stereocenters. The highest BCUT2D eigenvalue weighted by Gasteiger charge is 2.21. The van der Waals surface area contributed by atoms with Crippen molar-refractivity contribution in [1.82, 2.24) is 10.6 Å². The molecule has 6 heteroatoms. The smallest absolute Gasteiger partial charge is 0.328 e. The minimum Gasteiger partial charge on any atom is -0.480 e. The van der Waals surface area contributed by atoms with Gasteiger partial charge in [-0.2, -0.15) is 0 Å². The van der Waals surface area contributed by atoms with E-state index >= 15 is 0 Å². The molecule has 0 unspecified atom stereocenters. The van der Waals surface area contributed by atoms with Crippen molar-refractivity contribution in [3.8, 4) is 0 Å². The molecule has 0 aromatic carbocycles. The summed E-state index contributed by atoms with van der Waals surface area (Å²) in [6.07, 6.45) is 0. The summed E-state index contributed by atoms with van der Waals surface area (Å²) >= 11 is 0. The number of rotatable bonds is 7. The van der Waals surface area contributed by atoms with Crippen LogP contribution in [-0.4, -0.2) is 41.4 Å². The van der Waals surface area contributed by atoms with E-state index in [0.717, 1.165) is 0 Å². The van der Waals surface area contributed by atoms with Crippen LogP contribution < -0.4 is 10.6 Å². The number of aliphatic hydroxyl groups excluding tert-OH is 1. The fraction of sp³-hybridized carbons (Fsp3) is 0.833. The Kier molecular flexibility index (Phi) is 7.35. The van der Waals surface area contributed by atoms with Crippen molar-refractivity contribution in [1.29, 1.82) is 0 Å². The molecule has 0 rings (SSSR count). The standard InChI is InChI=1S/C12H24N2O4/c1-7(2)9(8(3)4)5-13-12(18)14-10(6-15)11(16)17/h7-10,15H,5-6H2,1-4H3,(H,16,17)(H2,13,14,18)/t10-/m0/s1. The molecule has 4 N–H and O–H groups in total. The Morgan fingerprint density at radius 3 is 1.94 bits per heavy atom. The Hall–Kier alpha value is -1.30. The van der Waals surface area contributed by atoms with E-state index in [2.05, 4.69) is 38.3 Å². The fourth-order valence-electron chi connectivity index (χ4n) is 1.85. The second kappa shape index (κ2) is 7.92. The fourth-order valence-corrected chi connectivity index (χ4v) is 1.85. The lowest BCUT2D eigenvalue weighted by Crippen LogP contribution is -2.49. The lowest BCUT2D eigenvalue weighted by molar-refractivity contribution is -0.140. The molecule has 0 aliphatic rings. The first-order valence-corrected chi connectivity index (χ1v) is 6.17. The van der Waals surface area contributed by atoms with Crippen molar-refractivity contribution in [2.24, 2.45) is 17.8 Å². The van der Waals surface area contributed by atoms with Gasteiger partial charge in [-0.3, -0.25) is 0 Å². The third-order valence-electron chi connectivity index (χ3n) is 3.00. The molecule has 0 fully saturated rings. The summed E-state index contributed by atoms with van der Waals surface area (Å²) in [6, 6.07) is -1.83. The molecule has 0 aromatic heterocycles. The maximum absolute atomic E-state index is 11.5. The topological polar surface area (TPSA) is 98.7 Å². The van der Waals surface area contributed by atoms with Gasteiger partial charge in [0.1, 0.15) is 0 Å². The number of hydrogen-bond donors (Lipinski definition) is 4. The van der Waals surface area contributed by atoms with Gasteiger partial charge < -0.3 is 20.8 Å². The number of carbonyl (C=O) groups excluding carboxylic acids is 1. The van der Waals surface area contributed by atoms with Crippen molar-refractivity contribution in [3.63, 3.8) is 0 Å². The minimum absolute atomic E-state index is 0.327. The van der Waals surface area contributed by atoms with Gasteiger partial charge in [0.2, 0.25) is 0 Å². The maximum Gasteiger partial charge on any atom is 0.328 e. The predicted octanol–water partition coefficient (Wildman–Crippen LogP) is 0.659. The molecule has 18 heavy (non-hydrogen) atoms. The summed E-state index contributed by atoms with van der Waals surface area (Å²) in [4.78, 5) is 22.1. The Labute approximate surface area is 108 Å². The van der Waals surface area contributed by atoms with Gasteiger partial charge in [0, 0.05) is 6.54 Å². The van der Waals surface area contributed by atoms with Gasteiger partial charge >= 0.3 is 12.0 Å². The first-order chi connectivity index (χ1) is 8.29. The highest BCUT2D eigenvalue weighted by Crippen LogP contribution is 2.19.